The number of fused-ring (bicyclic) bond motifs is 1. The van der Waals surface area contributed by atoms with Crippen molar-refractivity contribution in [2.75, 3.05) is 0 Å². The number of rotatable bonds is 1. The lowest BCUT2D eigenvalue weighted by Crippen LogP contribution is -2.26. The van der Waals surface area contributed by atoms with Gasteiger partial charge in [0.1, 0.15) is 5.52 Å². The molecule has 0 bridgehead atoms. The Morgan fingerprint density at radius 1 is 1.27 bits per heavy atom. The van der Waals surface area contributed by atoms with E-state index in [4.69, 9.17) is 0 Å². The molecule has 1 heterocycles. The molecule has 0 atom stereocenters. The summed E-state index contributed by atoms with van der Waals surface area (Å²) >= 11 is 0. The fraction of sp³-hybridized carbons (Fsp3) is 0.286. The van der Waals surface area contributed by atoms with Gasteiger partial charge < -0.3 is 4.57 Å². The fourth-order valence-electron chi connectivity index (χ4n) is 2.06. The predicted molar refractivity (Wildman–Crippen MR) is 63.7 cm³/mol. The third kappa shape index (κ3) is 1.70. The Hall–Kier alpha value is -1.50. The van der Waals surface area contributed by atoms with Crippen LogP contribution in [0.4, 0.5) is 0 Å². The van der Waals surface area contributed by atoms with Gasteiger partial charge in [0.15, 0.2) is 0 Å². The number of nitrogens with zero attached hydrogens (tertiary/aromatic N) is 1. The minimum Gasteiger partial charge on any atom is -0.333 e. The molecule has 1 aromatic heterocycles. The Bertz CT molecular complexity index is 498. The maximum Gasteiger partial charge on any atom is 0.115 e. The van der Waals surface area contributed by atoms with Crippen molar-refractivity contribution >= 4 is 10.9 Å². The van der Waals surface area contributed by atoms with E-state index in [0.29, 0.717) is 5.92 Å². The molecule has 15 heavy (non-hydrogen) atoms. The predicted octanol–water partition coefficient (Wildman–Crippen LogP) is 3.20. The summed E-state index contributed by atoms with van der Waals surface area (Å²) in [6, 6.07) is 8.66. The van der Waals surface area contributed by atoms with E-state index in [9.17, 15) is 0 Å². The lowest BCUT2D eigenvalue weighted by Gasteiger charge is -2.14. The van der Waals surface area contributed by atoms with E-state index in [-0.39, 0.29) is 0 Å². The molecular weight excluding hydrogens is 182 g/mol. The summed E-state index contributed by atoms with van der Waals surface area (Å²) in [7, 11) is 4.04. The van der Waals surface area contributed by atoms with Crippen LogP contribution in [0.3, 0.4) is 0 Å². The molecule has 0 saturated carbocycles. The molecule has 0 spiro atoms. The van der Waals surface area contributed by atoms with E-state index in [2.05, 4.69) is 46.0 Å². The zero-order chi connectivity index (χ0) is 11.0. The Morgan fingerprint density at radius 3 is 2.67 bits per heavy atom. The van der Waals surface area contributed by atoms with Gasteiger partial charge in [-0.1, -0.05) is 43.7 Å². The first-order valence-electron chi connectivity index (χ1n) is 5.35. The molecule has 0 aliphatic carbocycles. The average molecular weight is 199 g/mol. The first-order chi connectivity index (χ1) is 7.09. The second kappa shape index (κ2) is 3.58. The molecule has 0 N–H and O–H groups in total. The first kappa shape index (κ1) is 10.0. The fourth-order valence-corrected chi connectivity index (χ4v) is 2.06. The van der Waals surface area contributed by atoms with E-state index in [0.717, 1.165) is 0 Å². The van der Waals surface area contributed by atoms with E-state index >= 15 is 0 Å². The molecule has 1 aromatic carbocycles. The van der Waals surface area contributed by atoms with Gasteiger partial charge >= 0.3 is 0 Å². The quantitative estimate of drug-likeness (QED) is 0.490. The first-order valence-corrected chi connectivity index (χ1v) is 5.35. The highest BCUT2D eigenvalue weighted by molar-refractivity contribution is 5.80. The van der Waals surface area contributed by atoms with Gasteiger partial charge in [0.2, 0.25) is 0 Å². The molecule has 0 aliphatic heterocycles. The summed E-state index contributed by atoms with van der Waals surface area (Å²) in [5.74, 6) is 0.530. The number of benzene rings is 1. The maximum absolute atomic E-state index is 4.04. The van der Waals surface area contributed by atoms with Crippen LogP contribution < -0.4 is 4.57 Å². The van der Waals surface area contributed by atoms with Gasteiger partial charge in [0.25, 0.3) is 0 Å². The molecule has 1 nitrogen and oxygen atoms in total. The van der Waals surface area contributed by atoms with Gasteiger partial charge in [0.05, 0.1) is 6.20 Å². The van der Waals surface area contributed by atoms with Gasteiger partial charge in [-0.25, -0.2) is 0 Å². The van der Waals surface area contributed by atoms with Crippen LogP contribution in [0.5, 0.6) is 0 Å². The van der Waals surface area contributed by atoms with Gasteiger partial charge in [-0.3, -0.25) is 0 Å². The highest BCUT2D eigenvalue weighted by Gasteiger charge is 2.08. The summed E-state index contributed by atoms with van der Waals surface area (Å²) in [5, 5.41) is 1.27. The van der Waals surface area contributed by atoms with E-state index in [1.807, 2.05) is 16.8 Å². The van der Waals surface area contributed by atoms with Gasteiger partial charge in [0, 0.05) is 7.05 Å². The molecule has 0 aliphatic rings. The molecular formula is C14H17N. The topological polar surface area (TPSA) is 3.88 Å². The van der Waals surface area contributed by atoms with Crippen LogP contribution in [-0.2, 0) is 0 Å². The maximum atomic E-state index is 4.04. The SMILES string of the molecule is [CH2-][n+]1cccc2cc(C)cc(C(C)C)c21. The molecule has 0 saturated heterocycles. The smallest absolute Gasteiger partial charge is 0.115 e. The van der Waals surface area contributed by atoms with Crippen molar-refractivity contribution in [1.82, 2.24) is 0 Å². The molecule has 78 valence electrons. The molecule has 2 aromatic rings. The van der Waals surface area contributed by atoms with Crippen molar-refractivity contribution < 1.29 is 4.57 Å². The summed E-state index contributed by atoms with van der Waals surface area (Å²) in [6.07, 6.45) is 2.00. The number of hydrogen-bond donors (Lipinski definition) is 0. The number of hydrogen-bond acceptors (Lipinski definition) is 0. The van der Waals surface area contributed by atoms with Crippen LogP contribution in [0.2, 0.25) is 0 Å². The standard InChI is InChI=1S/C14H17N/c1-10(2)13-9-11(3)8-12-6-5-7-15(4)14(12)13/h5-10H,4H2,1-3H3. The lowest BCUT2D eigenvalue weighted by atomic mass is 9.97. The zero-order valence-electron chi connectivity index (χ0n) is 9.62. The zero-order valence-corrected chi connectivity index (χ0v) is 9.62. The summed E-state index contributed by atoms with van der Waals surface area (Å²) in [4.78, 5) is 0. The van der Waals surface area contributed by atoms with Crippen LogP contribution >= 0.6 is 0 Å². The minimum atomic E-state index is 0.530. The van der Waals surface area contributed by atoms with Crippen molar-refractivity contribution in [3.05, 3.63) is 48.6 Å². The van der Waals surface area contributed by atoms with E-state index in [1.54, 1.807) is 0 Å². The van der Waals surface area contributed by atoms with E-state index in [1.165, 1.54) is 22.0 Å². The lowest BCUT2D eigenvalue weighted by molar-refractivity contribution is -0.584. The van der Waals surface area contributed by atoms with Crippen molar-refractivity contribution in [3.8, 4) is 0 Å². The minimum absolute atomic E-state index is 0.530. The van der Waals surface area contributed by atoms with Crippen molar-refractivity contribution in [1.29, 1.82) is 0 Å². The van der Waals surface area contributed by atoms with Crippen LogP contribution in [-0.4, -0.2) is 0 Å². The van der Waals surface area contributed by atoms with Crippen LogP contribution in [0.1, 0.15) is 30.9 Å². The highest BCUT2D eigenvalue weighted by atomic mass is 14.9. The summed E-state index contributed by atoms with van der Waals surface area (Å²) in [5.41, 5.74) is 3.94. The number of pyridine rings is 1. The van der Waals surface area contributed by atoms with Crippen LogP contribution in [0, 0.1) is 14.0 Å². The second-order valence-electron chi connectivity index (χ2n) is 4.42. The van der Waals surface area contributed by atoms with Crippen molar-refractivity contribution in [3.63, 3.8) is 0 Å². The largest absolute Gasteiger partial charge is 0.333 e. The molecule has 0 amide bonds. The molecule has 2 rings (SSSR count). The average Bonchev–Trinajstić information content (AvgIpc) is 2.16. The Balaban J connectivity index is 2.88. The monoisotopic (exact) mass is 199 g/mol. The Kier molecular flexibility index (Phi) is 2.39. The molecule has 0 unspecified atom stereocenters. The summed E-state index contributed by atoms with van der Waals surface area (Å²) < 4.78 is 1.96. The molecule has 0 fully saturated rings. The van der Waals surface area contributed by atoms with Crippen molar-refractivity contribution in [2.24, 2.45) is 0 Å². The van der Waals surface area contributed by atoms with Gasteiger partial charge in [-0.2, -0.15) is 0 Å². The molecule has 1 heteroatoms. The van der Waals surface area contributed by atoms with Crippen LogP contribution in [0.15, 0.2) is 30.5 Å². The molecule has 0 radical (unpaired) electrons. The highest BCUT2D eigenvalue weighted by Crippen LogP contribution is 2.24. The van der Waals surface area contributed by atoms with Crippen LogP contribution in [0.25, 0.3) is 10.9 Å². The third-order valence-electron chi connectivity index (χ3n) is 2.76. The second-order valence-corrected chi connectivity index (χ2v) is 4.42. The summed E-state index contributed by atoms with van der Waals surface area (Å²) in [6.45, 7) is 6.59. The van der Waals surface area contributed by atoms with Crippen molar-refractivity contribution in [2.45, 2.75) is 26.7 Å². The van der Waals surface area contributed by atoms with Gasteiger partial charge in [-0.15, -0.1) is 0 Å². The normalized spacial score (nSPS) is 11.2. The Labute approximate surface area is 91.4 Å². The third-order valence-corrected chi connectivity index (χ3v) is 2.76. The number of aryl methyl sites for hydroxylation is 1. The number of aromatic nitrogens is 1. The Morgan fingerprint density at radius 2 is 2.00 bits per heavy atom. The van der Waals surface area contributed by atoms with E-state index < -0.39 is 0 Å². The van der Waals surface area contributed by atoms with Gasteiger partial charge in [-0.05, 0) is 23.8 Å².